The van der Waals surface area contributed by atoms with E-state index in [1.54, 1.807) is 23.5 Å². The van der Waals surface area contributed by atoms with Crippen LogP contribution < -0.4 is 10.4 Å². The second kappa shape index (κ2) is 7.94. The number of nitrogens with zero attached hydrogens (tertiary/aromatic N) is 2. The van der Waals surface area contributed by atoms with Gasteiger partial charge in [0, 0.05) is 10.4 Å². The average Bonchev–Trinajstić information content (AvgIpc) is 2.57. The molecule has 110 valence electrons. The highest BCUT2D eigenvalue weighted by atomic mass is 32.2. The van der Waals surface area contributed by atoms with Gasteiger partial charge in [0.05, 0.1) is 9.81 Å². The molecule has 0 aliphatic rings. The summed E-state index contributed by atoms with van der Waals surface area (Å²) in [5, 5.41) is 22.8. The summed E-state index contributed by atoms with van der Waals surface area (Å²) in [5.41, 5.74) is 0. The molecule has 0 heterocycles. The quantitative estimate of drug-likeness (QED) is 0.862. The van der Waals surface area contributed by atoms with Crippen LogP contribution >= 0.6 is 23.5 Å². The van der Waals surface area contributed by atoms with Crippen molar-refractivity contribution >= 4 is 44.1 Å². The number of hydrogen-bond donors (Lipinski definition) is 0. The van der Waals surface area contributed by atoms with Crippen molar-refractivity contribution in [3.63, 3.8) is 0 Å². The van der Waals surface area contributed by atoms with Gasteiger partial charge in [-0.1, -0.05) is 50.2 Å². The normalized spacial score (nSPS) is 13.3. The van der Waals surface area contributed by atoms with Gasteiger partial charge in [0.2, 0.25) is 0 Å². The average molecular weight is 324 g/mol. The minimum absolute atomic E-state index is 0.729. The van der Waals surface area contributed by atoms with Crippen molar-refractivity contribution in [1.82, 2.24) is 0 Å². The van der Waals surface area contributed by atoms with E-state index in [-0.39, 0.29) is 0 Å². The summed E-state index contributed by atoms with van der Waals surface area (Å²) in [4.78, 5) is 1.46. The molecule has 0 N–H and O–H groups in total. The molecular weight excluding hydrogens is 308 g/mol. The lowest BCUT2D eigenvalue weighted by molar-refractivity contribution is 1.51. The Balaban J connectivity index is 2.97. The van der Waals surface area contributed by atoms with Gasteiger partial charge in [-0.2, -0.15) is 10.5 Å². The molecule has 22 heavy (non-hydrogen) atoms. The molecule has 4 heteroatoms. The van der Waals surface area contributed by atoms with E-state index < -0.39 is 0 Å². The molecule has 0 atom stereocenters. The topological polar surface area (TPSA) is 47.6 Å². The smallest absolute Gasteiger partial charge is 0.107 e. The van der Waals surface area contributed by atoms with E-state index in [1.165, 1.54) is 0 Å². The maximum atomic E-state index is 9.41. The van der Waals surface area contributed by atoms with Gasteiger partial charge in [0.1, 0.15) is 12.1 Å². The molecule has 0 saturated heterocycles. The number of thioether (sulfide) groups is 2. The van der Waals surface area contributed by atoms with Crippen LogP contribution in [0.1, 0.15) is 13.8 Å². The first kappa shape index (κ1) is 16.5. The summed E-state index contributed by atoms with van der Waals surface area (Å²) >= 11 is 3.11. The van der Waals surface area contributed by atoms with Crippen molar-refractivity contribution < 1.29 is 0 Å². The Hall–Kier alpha value is -1.88. The lowest BCUT2D eigenvalue weighted by atomic mass is 10.1. The van der Waals surface area contributed by atoms with Crippen LogP contribution in [0.15, 0.2) is 36.4 Å². The van der Waals surface area contributed by atoms with E-state index in [2.05, 4.69) is 12.1 Å². The molecule has 2 aromatic rings. The van der Waals surface area contributed by atoms with Crippen LogP contribution in [0, 0.1) is 22.7 Å². The number of fused-ring (bicyclic) bond motifs is 1. The Morgan fingerprint density at radius 3 is 1.55 bits per heavy atom. The Kier molecular flexibility index (Phi) is 5.95. The third kappa shape index (κ3) is 3.30. The molecule has 0 aliphatic heterocycles. The molecule has 2 aromatic carbocycles. The van der Waals surface area contributed by atoms with Crippen LogP contribution in [0.25, 0.3) is 20.6 Å². The number of benzene rings is 2. The van der Waals surface area contributed by atoms with Gasteiger partial charge < -0.3 is 0 Å². The molecular formula is C18H16N2S2. The van der Waals surface area contributed by atoms with Crippen LogP contribution in [0.3, 0.4) is 0 Å². The van der Waals surface area contributed by atoms with Crippen molar-refractivity contribution in [2.75, 3.05) is 11.5 Å². The fraction of sp³-hybridized carbons (Fsp3) is 0.222. The minimum Gasteiger partial charge on any atom is -0.192 e. The van der Waals surface area contributed by atoms with Gasteiger partial charge in [-0.15, -0.1) is 23.5 Å². The second-order valence-corrected chi connectivity index (χ2v) is 7.00. The first-order valence-electron chi connectivity index (χ1n) is 7.09. The minimum atomic E-state index is 0.729. The maximum Gasteiger partial charge on any atom is 0.107 e. The van der Waals surface area contributed by atoms with E-state index >= 15 is 0 Å². The van der Waals surface area contributed by atoms with E-state index in [9.17, 15) is 10.5 Å². The predicted octanol–water partition coefficient (Wildman–Crippen LogP) is 3.61. The zero-order valence-electron chi connectivity index (χ0n) is 12.6. The molecule has 0 radical (unpaired) electrons. The van der Waals surface area contributed by atoms with Gasteiger partial charge in [0.25, 0.3) is 0 Å². The summed E-state index contributed by atoms with van der Waals surface area (Å²) in [6.07, 6.45) is 0. The third-order valence-electron chi connectivity index (χ3n) is 3.19. The first-order valence-corrected chi connectivity index (χ1v) is 9.06. The summed E-state index contributed by atoms with van der Waals surface area (Å²) in [7, 11) is 0. The summed E-state index contributed by atoms with van der Waals surface area (Å²) < 4.78 is 0. The van der Waals surface area contributed by atoms with Crippen molar-refractivity contribution in [3.05, 3.63) is 46.8 Å². The van der Waals surface area contributed by atoms with Gasteiger partial charge >= 0.3 is 0 Å². The molecule has 0 spiro atoms. The molecule has 0 fully saturated rings. The largest absolute Gasteiger partial charge is 0.192 e. The SMILES string of the molecule is CCS/C(C#N)=c1/cc/c(=C(/C#N)SCC)c2ccccc12. The van der Waals surface area contributed by atoms with E-state index in [0.29, 0.717) is 0 Å². The number of hydrogen-bond acceptors (Lipinski definition) is 4. The number of rotatable bonds is 4. The zero-order chi connectivity index (χ0) is 15.9. The van der Waals surface area contributed by atoms with Crippen LogP contribution in [0.5, 0.6) is 0 Å². The maximum absolute atomic E-state index is 9.41. The molecule has 2 rings (SSSR count). The summed E-state index contributed by atoms with van der Waals surface area (Å²) in [6, 6.07) is 16.5. The lowest BCUT2D eigenvalue weighted by Crippen LogP contribution is -2.14. The van der Waals surface area contributed by atoms with Gasteiger partial charge in [0.15, 0.2) is 0 Å². The van der Waals surface area contributed by atoms with E-state index in [4.69, 9.17) is 0 Å². The van der Waals surface area contributed by atoms with Crippen LogP contribution in [0.4, 0.5) is 0 Å². The third-order valence-corrected chi connectivity index (χ3v) is 4.97. The second-order valence-electron chi connectivity index (χ2n) is 4.45. The monoisotopic (exact) mass is 324 g/mol. The lowest BCUT2D eigenvalue weighted by Gasteiger charge is -2.04. The van der Waals surface area contributed by atoms with Crippen molar-refractivity contribution in [1.29, 1.82) is 10.5 Å². The summed E-state index contributed by atoms with van der Waals surface area (Å²) in [6.45, 7) is 4.08. The van der Waals surface area contributed by atoms with Gasteiger partial charge in [-0.25, -0.2) is 0 Å². The fourth-order valence-electron chi connectivity index (χ4n) is 2.32. The van der Waals surface area contributed by atoms with Crippen LogP contribution in [0.2, 0.25) is 0 Å². The first-order chi connectivity index (χ1) is 10.8. The molecule has 0 amide bonds. The fourth-order valence-corrected chi connectivity index (χ4v) is 3.70. The van der Waals surface area contributed by atoms with Crippen LogP contribution in [-0.4, -0.2) is 11.5 Å². The standard InChI is InChI=1S/C18H16N2S2/c1-3-21-17(11-19)15-9-10-16(18(12-20)22-4-2)14-8-6-5-7-13(14)15/h5-10H,3-4H2,1-2H3/b17-15-,18-16+. The Labute approximate surface area is 139 Å². The van der Waals surface area contributed by atoms with E-state index in [1.807, 2.05) is 50.2 Å². The Morgan fingerprint density at radius 2 is 1.23 bits per heavy atom. The molecule has 0 bridgehead atoms. The van der Waals surface area contributed by atoms with E-state index in [0.717, 1.165) is 42.5 Å². The molecule has 0 unspecified atom stereocenters. The Morgan fingerprint density at radius 1 is 0.818 bits per heavy atom. The zero-order valence-corrected chi connectivity index (χ0v) is 14.2. The highest BCUT2D eigenvalue weighted by Gasteiger charge is 2.05. The highest BCUT2D eigenvalue weighted by molar-refractivity contribution is 8.08. The van der Waals surface area contributed by atoms with Crippen molar-refractivity contribution in [2.45, 2.75) is 13.8 Å². The number of nitriles is 2. The van der Waals surface area contributed by atoms with Crippen molar-refractivity contribution in [2.24, 2.45) is 0 Å². The Bertz CT molecular complexity index is 811. The molecule has 2 nitrogen and oxygen atoms in total. The van der Waals surface area contributed by atoms with Gasteiger partial charge in [-0.3, -0.25) is 0 Å². The molecule has 0 aromatic heterocycles. The van der Waals surface area contributed by atoms with Crippen LogP contribution in [-0.2, 0) is 0 Å². The molecule has 0 aliphatic carbocycles. The molecule has 0 saturated carbocycles. The highest BCUT2D eigenvalue weighted by Crippen LogP contribution is 2.18. The van der Waals surface area contributed by atoms with Gasteiger partial charge in [-0.05, 0) is 22.3 Å². The summed E-state index contributed by atoms with van der Waals surface area (Å²) in [5.74, 6) is 1.72. The predicted molar refractivity (Wildman–Crippen MR) is 97.5 cm³/mol. The van der Waals surface area contributed by atoms with Crippen molar-refractivity contribution in [3.8, 4) is 12.1 Å².